The maximum absolute atomic E-state index is 14.6. The van der Waals surface area contributed by atoms with Crippen LogP contribution >= 0.6 is 0 Å². The summed E-state index contributed by atoms with van der Waals surface area (Å²) in [6.45, 7) is 2.45. The fourth-order valence-electron chi connectivity index (χ4n) is 3.69. The first-order valence-corrected chi connectivity index (χ1v) is 11.1. The summed E-state index contributed by atoms with van der Waals surface area (Å²) in [6.07, 6.45) is 1.31. The van der Waals surface area contributed by atoms with Gasteiger partial charge in [-0.25, -0.2) is 22.0 Å². The highest BCUT2D eigenvalue weighted by Gasteiger charge is 2.12. The molecule has 0 radical (unpaired) electrons. The van der Waals surface area contributed by atoms with E-state index < -0.39 is 34.6 Å². The molecule has 0 aliphatic heterocycles. The van der Waals surface area contributed by atoms with Gasteiger partial charge in [-0.1, -0.05) is 37.0 Å². The van der Waals surface area contributed by atoms with Crippen LogP contribution < -0.4 is 4.74 Å². The zero-order chi connectivity index (χ0) is 24.9. The molecule has 0 amide bonds. The summed E-state index contributed by atoms with van der Waals surface area (Å²) >= 11 is 0. The number of rotatable bonds is 6. The maximum Gasteiger partial charge on any atom is 0.166 e. The average Bonchev–Trinajstić information content (AvgIpc) is 2.84. The fraction of sp³-hybridized carbons (Fsp3) is 0.172. The molecular formula is C29H21F5O. The van der Waals surface area contributed by atoms with E-state index in [9.17, 15) is 22.0 Å². The fourth-order valence-corrected chi connectivity index (χ4v) is 3.69. The molecule has 0 aromatic heterocycles. The monoisotopic (exact) mass is 480 g/mol. The van der Waals surface area contributed by atoms with Gasteiger partial charge in [0, 0.05) is 17.0 Å². The second-order valence-corrected chi connectivity index (χ2v) is 8.08. The van der Waals surface area contributed by atoms with Crippen molar-refractivity contribution >= 4 is 10.8 Å². The van der Waals surface area contributed by atoms with Gasteiger partial charge in [0.05, 0.1) is 12.2 Å². The van der Waals surface area contributed by atoms with Crippen molar-refractivity contribution in [3.63, 3.8) is 0 Å². The molecule has 0 fully saturated rings. The zero-order valence-electron chi connectivity index (χ0n) is 18.9. The molecule has 0 saturated carbocycles. The number of aryl methyl sites for hydroxylation is 2. The van der Waals surface area contributed by atoms with E-state index in [0.29, 0.717) is 34.4 Å². The summed E-state index contributed by atoms with van der Waals surface area (Å²) in [7, 11) is 0. The summed E-state index contributed by atoms with van der Waals surface area (Å²) in [4.78, 5) is 0. The molecule has 0 aliphatic carbocycles. The topological polar surface area (TPSA) is 9.23 Å². The standard InChI is InChI=1S/C29H21F5O/c1-2-13-35-22-9-7-20(26(31)17-22)6-3-19-15-27(32)24(28(33)16-19)11-5-18-4-10-23-21(14-18)8-12-25(30)29(23)34/h4,7-10,12,14-17H,2-3,6,13H2,1H3. The molecule has 0 atom stereocenters. The Labute approximate surface area is 200 Å². The van der Waals surface area contributed by atoms with Crippen LogP contribution in [0, 0.1) is 40.9 Å². The Balaban J connectivity index is 1.50. The van der Waals surface area contributed by atoms with Crippen LogP contribution in [0.1, 0.15) is 35.6 Å². The molecule has 0 spiro atoms. The minimum Gasteiger partial charge on any atom is -0.494 e. The predicted molar refractivity (Wildman–Crippen MR) is 126 cm³/mol. The Kier molecular flexibility index (Phi) is 7.36. The molecule has 0 aliphatic rings. The molecule has 0 N–H and O–H groups in total. The molecular weight excluding hydrogens is 459 g/mol. The molecule has 0 saturated heterocycles. The SMILES string of the molecule is CCCOc1ccc(CCc2cc(F)c(C#Cc3ccc4c(F)c(F)ccc4c3)c(F)c2)c(F)c1. The van der Waals surface area contributed by atoms with Crippen molar-refractivity contribution in [1.82, 2.24) is 0 Å². The van der Waals surface area contributed by atoms with Gasteiger partial charge in [-0.2, -0.15) is 0 Å². The van der Waals surface area contributed by atoms with Crippen molar-refractivity contribution in [1.29, 1.82) is 0 Å². The van der Waals surface area contributed by atoms with E-state index in [-0.39, 0.29) is 18.2 Å². The minimum atomic E-state index is -0.963. The first kappa shape index (κ1) is 24.3. The molecule has 6 heteroatoms. The van der Waals surface area contributed by atoms with Crippen LogP contribution in [0.4, 0.5) is 22.0 Å². The van der Waals surface area contributed by atoms with E-state index in [4.69, 9.17) is 4.74 Å². The highest BCUT2D eigenvalue weighted by molar-refractivity contribution is 5.84. The summed E-state index contributed by atoms with van der Waals surface area (Å²) in [5.74, 6) is 1.58. The Hall–Kier alpha value is -3.85. The van der Waals surface area contributed by atoms with Gasteiger partial charge in [0.1, 0.15) is 23.2 Å². The molecule has 0 unspecified atom stereocenters. The molecule has 4 aromatic carbocycles. The Bertz CT molecular complexity index is 1430. The lowest BCUT2D eigenvalue weighted by atomic mass is 10.0. The molecule has 4 aromatic rings. The largest absolute Gasteiger partial charge is 0.494 e. The Morgan fingerprint density at radius 2 is 1.49 bits per heavy atom. The zero-order valence-corrected chi connectivity index (χ0v) is 18.9. The Morgan fingerprint density at radius 1 is 0.714 bits per heavy atom. The first-order chi connectivity index (χ1) is 16.9. The number of hydrogen-bond acceptors (Lipinski definition) is 1. The maximum atomic E-state index is 14.6. The molecule has 0 bridgehead atoms. The van der Waals surface area contributed by atoms with Gasteiger partial charge >= 0.3 is 0 Å². The Morgan fingerprint density at radius 3 is 2.20 bits per heavy atom. The van der Waals surface area contributed by atoms with Gasteiger partial charge in [0.2, 0.25) is 0 Å². The summed E-state index contributed by atoms with van der Waals surface area (Å²) in [5, 5.41) is 0.515. The highest BCUT2D eigenvalue weighted by Crippen LogP contribution is 2.23. The third-order valence-electron chi connectivity index (χ3n) is 5.52. The van der Waals surface area contributed by atoms with Gasteiger partial charge in [-0.15, -0.1) is 0 Å². The lowest BCUT2D eigenvalue weighted by Crippen LogP contribution is -2.00. The molecule has 1 nitrogen and oxygen atoms in total. The van der Waals surface area contributed by atoms with E-state index in [1.165, 1.54) is 42.5 Å². The summed E-state index contributed by atoms with van der Waals surface area (Å²) < 4.78 is 76.2. The quantitative estimate of drug-likeness (QED) is 0.205. The van der Waals surface area contributed by atoms with Gasteiger partial charge in [0.25, 0.3) is 0 Å². The second kappa shape index (κ2) is 10.6. The summed E-state index contributed by atoms with van der Waals surface area (Å²) in [5.41, 5.74) is 0.793. The van der Waals surface area contributed by atoms with Crippen LogP contribution in [0.3, 0.4) is 0 Å². The van der Waals surface area contributed by atoms with Gasteiger partial charge < -0.3 is 4.74 Å². The van der Waals surface area contributed by atoms with Gasteiger partial charge in [0.15, 0.2) is 11.6 Å². The van der Waals surface area contributed by atoms with Crippen molar-refractivity contribution in [2.45, 2.75) is 26.2 Å². The van der Waals surface area contributed by atoms with Crippen LogP contribution in [0.5, 0.6) is 5.75 Å². The molecule has 4 rings (SSSR count). The summed E-state index contributed by atoms with van der Waals surface area (Å²) in [6, 6.07) is 13.7. The van der Waals surface area contributed by atoms with Gasteiger partial charge in [-0.05, 0) is 72.2 Å². The third-order valence-corrected chi connectivity index (χ3v) is 5.52. The normalized spacial score (nSPS) is 10.8. The van der Waals surface area contributed by atoms with Crippen LogP contribution in [0.15, 0.2) is 60.7 Å². The van der Waals surface area contributed by atoms with Crippen molar-refractivity contribution < 1.29 is 26.7 Å². The van der Waals surface area contributed by atoms with Crippen LogP contribution in [-0.2, 0) is 12.8 Å². The second-order valence-electron chi connectivity index (χ2n) is 8.08. The average molecular weight is 480 g/mol. The van der Waals surface area contributed by atoms with Crippen molar-refractivity contribution in [2.75, 3.05) is 6.61 Å². The van der Waals surface area contributed by atoms with Crippen molar-refractivity contribution in [2.24, 2.45) is 0 Å². The number of benzene rings is 4. The highest BCUT2D eigenvalue weighted by atomic mass is 19.2. The van der Waals surface area contributed by atoms with E-state index in [1.54, 1.807) is 12.1 Å². The van der Waals surface area contributed by atoms with Crippen LogP contribution in [0.2, 0.25) is 0 Å². The molecule has 0 heterocycles. The molecule has 178 valence electrons. The van der Waals surface area contributed by atoms with Gasteiger partial charge in [-0.3, -0.25) is 0 Å². The van der Waals surface area contributed by atoms with E-state index in [1.807, 2.05) is 6.92 Å². The van der Waals surface area contributed by atoms with E-state index in [0.717, 1.165) is 12.5 Å². The molecule has 35 heavy (non-hydrogen) atoms. The van der Waals surface area contributed by atoms with E-state index >= 15 is 0 Å². The smallest absolute Gasteiger partial charge is 0.166 e. The number of fused-ring (bicyclic) bond motifs is 1. The third kappa shape index (κ3) is 5.63. The van der Waals surface area contributed by atoms with E-state index in [2.05, 4.69) is 11.8 Å². The number of halogens is 5. The lowest BCUT2D eigenvalue weighted by molar-refractivity contribution is 0.315. The first-order valence-electron chi connectivity index (χ1n) is 11.1. The predicted octanol–water partition coefficient (Wildman–Crippen LogP) is 7.51. The number of hydrogen-bond donors (Lipinski definition) is 0. The van der Waals surface area contributed by atoms with Crippen molar-refractivity contribution in [3.05, 3.63) is 112 Å². The lowest BCUT2D eigenvalue weighted by Gasteiger charge is -2.08. The van der Waals surface area contributed by atoms with Crippen LogP contribution in [0.25, 0.3) is 10.8 Å². The minimum absolute atomic E-state index is 0.0943. The van der Waals surface area contributed by atoms with Crippen molar-refractivity contribution in [3.8, 4) is 17.6 Å². The van der Waals surface area contributed by atoms with Crippen LogP contribution in [-0.4, -0.2) is 6.61 Å². The number of ether oxygens (including phenoxy) is 1.